The smallest absolute Gasteiger partial charge is 0.133 e. The Kier molecular flexibility index (Phi) is 2.19. The summed E-state index contributed by atoms with van der Waals surface area (Å²) < 4.78 is 5.06. The summed E-state index contributed by atoms with van der Waals surface area (Å²) in [5.41, 5.74) is 0. The fourth-order valence-corrected chi connectivity index (χ4v) is 1.07. The van der Waals surface area contributed by atoms with Crippen LogP contribution in [0.2, 0.25) is 0 Å². The molecule has 0 saturated carbocycles. The second-order valence-corrected chi connectivity index (χ2v) is 2.49. The first-order valence-corrected chi connectivity index (χ1v) is 3.54. The van der Waals surface area contributed by atoms with Gasteiger partial charge >= 0.3 is 0 Å². The van der Waals surface area contributed by atoms with Crippen molar-refractivity contribution in [1.82, 2.24) is 0 Å². The highest BCUT2D eigenvalue weighted by molar-refractivity contribution is 8.03. The van der Waals surface area contributed by atoms with E-state index in [1.807, 2.05) is 5.40 Å². The highest BCUT2D eigenvalue weighted by Crippen LogP contribution is 2.15. The molecule has 1 heterocycles. The fourth-order valence-electron chi connectivity index (χ4n) is 0.546. The van der Waals surface area contributed by atoms with E-state index < -0.39 is 0 Å². The lowest BCUT2D eigenvalue weighted by molar-refractivity contribution is -0.0342. The minimum atomic E-state index is 0.375. The van der Waals surface area contributed by atoms with E-state index in [4.69, 9.17) is 10.00 Å². The molecule has 8 heavy (non-hydrogen) atoms. The van der Waals surface area contributed by atoms with Crippen LogP contribution in [-0.4, -0.2) is 18.5 Å². The lowest BCUT2D eigenvalue weighted by Crippen LogP contribution is -2.28. The van der Waals surface area contributed by atoms with E-state index in [9.17, 15) is 0 Å². The van der Waals surface area contributed by atoms with Crippen LogP contribution >= 0.6 is 11.8 Å². The van der Waals surface area contributed by atoms with Crippen molar-refractivity contribution in [3.63, 3.8) is 0 Å². The Morgan fingerprint density at radius 2 is 2.62 bits per heavy atom. The normalized spacial score (nSPS) is 26.1. The summed E-state index contributed by atoms with van der Waals surface area (Å²) in [5.74, 6) is 0.844. The predicted octanol–water partition coefficient (Wildman–Crippen LogP) is 0.990. The third-order valence-electron chi connectivity index (χ3n) is 1.13. The summed E-state index contributed by atoms with van der Waals surface area (Å²) in [6, 6.07) is 0. The van der Waals surface area contributed by atoms with Gasteiger partial charge in [0.15, 0.2) is 0 Å². The van der Waals surface area contributed by atoms with E-state index in [1.165, 1.54) is 11.8 Å². The van der Waals surface area contributed by atoms with Crippen molar-refractivity contribution in [2.75, 3.05) is 12.4 Å². The zero-order valence-electron chi connectivity index (χ0n) is 4.46. The van der Waals surface area contributed by atoms with Gasteiger partial charge in [-0.05, 0) is 18.2 Å². The van der Waals surface area contributed by atoms with Crippen LogP contribution in [0, 0.1) is 10.7 Å². The molecule has 1 aliphatic rings. The van der Waals surface area contributed by atoms with Crippen LogP contribution in [0.25, 0.3) is 0 Å². The number of nitrogens with zero attached hydrogens (tertiary/aromatic N) is 1. The third-order valence-corrected chi connectivity index (χ3v) is 1.79. The van der Waals surface area contributed by atoms with E-state index in [0.717, 1.165) is 18.8 Å². The Balaban J connectivity index is 1.95. The summed E-state index contributed by atoms with van der Waals surface area (Å²) >= 11 is 1.27. The lowest BCUT2D eigenvalue weighted by atomic mass is 10.2. The second kappa shape index (κ2) is 2.95. The van der Waals surface area contributed by atoms with Gasteiger partial charge in [0.25, 0.3) is 0 Å². The summed E-state index contributed by atoms with van der Waals surface area (Å²) in [5, 5.41) is 10.1. The molecule has 0 aromatic carbocycles. The predicted molar refractivity (Wildman–Crippen MR) is 32.4 cm³/mol. The zero-order chi connectivity index (χ0) is 5.82. The average Bonchev–Trinajstić information content (AvgIpc) is 1.63. The summed E-state index contributed by atoms with van der Waals surface area (Å²) in [7, 11) is 0. The standard InChI is InChI=1S/C5H7NOS/c6-4-8-3-5-1-2-7-5/h5H,1-3H2/t5-/m1/s1. The number of ether oxygens (including phenoxy) is 1. The Labute approximate surface area is 52.8 Å². The molecule has 0 N–H and O–H groups in total. The van der Waals surface area contributed by atoms with Gasteiger partial charge < -0.3 is 4.74 Å². The number of thioether (sulfide) groups is 1. The maximum atomic E-state index is 8.09. The van der Waals surface area contributed by atoms with Crippen molar-refractivity contribution in [3.8, 4) is 5.40 Å². The first-order chi connectivity index (χ1) is 3.93. The molecule has 0 amide bonds. The van der Waals surface area contributed by atoms with Gasteiger partial charge in [-0.2, -0.15) is 5.26 Å². The molecule has 0 aromatic rings. The van der Waals surface area contributed by atoms with Gasteiger partial charge in [-0.3, -0.25) is 0 Å². The summed E-state index contributed by atoms with van der Waals surface area (Å²) in [4.78, 5) is 0. The topological polar surface area (TPSA) is 33.0 Å². The SMILES string of the molecule is N#CSC[C@H]1CCO1. The quantitative estimate of drug-likeness (QED) is 0.521. The molecular weight excluding hydrogens is 122 g/mol. The number of thiocyanates is 1. The van der Waals surface area contributed by atoms with E-state index in [2.05, 4.69) is 0 Å². The van der Waals surface area contributed by atoms with E-state index in [0.29, 0.717) is 6.10 Å². The molecule has 1 rings (SSSR count). The summed E-state index contributed by atoms with van der Waals surface area (Å²) in [6.07, 6.45) is 1.51. The van der Waals surface area contributed by atoms with Crippen LogP contribution < -0.4 is 0 Å². The number of hydrogen-bond donors (Lipinski definition) is 0. The minimum Gasteiger partial charge on any atom is -0.377 e. The Hall–Kier alpha value is -0.200. The van der Waals surface area contributed by atoms with Crippen molar-refractivity contribution in [1.29, 1.82) is 5.26 Å². The van der Waals surface area contributed by atoms with Crippen molar-refractivity contribution in [3.05, 3.63) is 0 Å². The highest BCUT2D eigenvalue weighted by atomic mass is 32.2. The van der Waals surface area contributed by atoms with Crippen LogP contribution in [-0.2, 0) is 4.74 Å². The van der Waals surface area contributed by atoms with Crippen molar-refractivity contribution >= 4 is 11.8 Å². The second-order valence-electron chi connectivity index (χ2n) is 1.68. The Morgan fingerprint density at radius 1 is 1.88 bits per heavy atom. The Bertz CT molecular complexity index is 105. The Morgan fingerprint density at radius 3 is 3.00 bits per heavy atom. The first kappa shape index (κ1) is 5.93. The molecule has 0 bridgehead atoms. The van der Waals surface area contributed by atoms with Crippen molar-refractivity contribution < 1.29 is 4.74 Å². The first-order valence-electron chi connectivity index (χ1n) is 2.56. The molecule has 0 aromatic heterocycles. The van der Waals surface area contributed by atoms with Crippen LogP contribution in [0.3, 0.4) is 0 Å². The minimum absolute atomic E-state index is 0.375. The molecule has 1 atom stereocenters. The maximum absolute atomic E-state index is 8.09. The van der Waals surface area contributed by atoms with Crippen LogP contribution in [0.15, 0.2) is 0 Å². The van der Waals surface area contributed by atoms with E-state index >= 15 is 0 Å². The molecule has 0 spiro atoms. The van der Waals surface area contributed by atoms with Gasteiger partial charge in [0.2, 0.25) is 0 Å². The van der Waals surface area contributed by atoms with Gasteiger partial charge in [0.05, 0.1) is 6.10 Å². The van der Waals surface area contributed by atoms with Gasteiger partial charge in [-0.1, -0.05) is 0 Å². The highest BCUT2D eigenvalue weighted by Gasteiger charge is 2.16. The number of rotatable bonds is 2. The van der Waals surface area contributed by atoms with Gasteiger partial charge in [0, 0.05) is 12.4 Å². The molecule has 44 valence electrons. The molecular formula is C5H7NOS. The van der Waals surface area contributed by atoms with Crippen LogP contribution in [0.4, 0.5) is 0 Å². The molecule has 1 saturated heterocycles. The molecule has 1 aliphatic heterocycles. The van der Waals surface area contributed by atoms with Crippen molar-refractivity contribution in [2.45, 2.75) is 12.5 Å². The van der Waals surface area contributed by atoms with Gasteiger partial charge in [0.1, 0.15) is 5.40 Å². The maximum Gasteiger partial charge on any atom is 0.133 e. The van der Waals surface area contributed by atoms with Crippen LogP contribution in [0.1, 0.15) is 6.42 Å². The van der Waals surface area contributed by atoms with Crippen LogP contribution in [0.5, 0.6) is 0 Å². The summed E-state index contributed by atoms with van der Waals surface area (Å²) in [6.45, 7) is 0.886. The number of hydrogen-bond acceptors (Lipinski definition) is 3. The van der Waals surface area contributed by atoms with Gasteiger partial charge in [-0.15, -0.1) is 0 Å². The number of nitriles is 1. The molecule has 0 aliphatic carbocycles. The van der Waals surface area contributed by atoms with E-state index in [-0.39, 0.29) is 0 Å². The van der Waals surface area contributed by atoms with Crippen molar-refractivity contribution in [2.24, 2.45) is 0 Å². The molecule has 2 nitrogen and oxygen atoms in total. The lowest BCUT2D eigenvalue weighted by Gasteiger charge is -2.24. The zero-order valence-corrected chi connectivity index (χ0v) is 5.28. The molecule has 3 heteroatoms. The monoisotopic (exact) mass is 129 g/mol. The average molecular weight is 129 g/mol. The molecule has 0 radical (unpaired) electrons. The fraction of sp³-hybridized carbons (Fsp3) is 0.800. The largest absolute Gasteiger partial charge is 0.377 e. The third kappa shape index (κ3) is 1.39. The molecule has 0 unspecified atom stereocenters. The molecule has 1 fully saturated rings. The van der Waals surface area contributed by atoms with E-state index in [1.54, 1.807) is 0 Å². The van der Waals surface area contributed by atoms with Gasteiger partial charge in [-0.25, -0.2) is 0 Å².